The summed E-state index contributed by atoms with van der Waals surface area (Å²) in [5, 5.41) is 23.7. The minimum absolute atomic E-state index is 0.0878. The average molecular weight is 910 g/mol. The van der Waals surface area contributed by atoms with E-state index in [1.54, 1.807) is 6.08 Å². The lowest BCUT2D eigenvalue weighted by molar-refractivity contribution is -0.148. The topological polar surface area (TPSA) is 95.9 Å². The zero-order valence-electron chi connectivity index (χ0n) is 42.0. The highest BCUT2D eigenvalue weighted by molar-refractivity contribution is 5.78. The SMILES string of the molecule is CC/C=C\C/C=C\C/C=C\C/C=C\C/C=C\C/C=C\CCC(=O)OC(/C=C\C/C=C\C/C=C\C/C=C\C/C=C\C/C=C\CC)CC(=O)NC(CO)C(O)CCCCCCCCCCCCC. The second-order valence-corrected chi connectivity index (χ2v) is 16.8. The molecule has 0 spiro atoms. The van der Waals surface area contributed by atoms with E-state index in [-0.39, 0.29) is 31.3 Å². The quantitative estimate of drug-likeness (QED) is 0.0322. The summed E-state index contributed by atoms with van der Waals surface area (Å²) in [6.45, 7) is 6.18. The highest BCUT2D eigenvalue weighted by Crippen LogP contribution is 2.14. The van der Waals surface area contributed by atoms with Gasteiger partial charge in [0, 0.05) is 6.42 Å². The molecule has 0 radical (unpaired) electrons. The summed E-state index contributed by atoms with van der Waals surface area (Å²) in [6, 6.07) is -0.768. The molecule has 0 bridgehead atoms. The number of hydrogen-bond donors (Lipinski definition) is 3. The molecule has 0 aliphatic carbocycles. The standard InChI is InChI=1S/C60H95NO5/c1-4-7-10-13-16-19-22-24-26-28-29-31-33-35-38-41-44-47-50-53-60(65)66-56(51-48-45-42-39-37-34-32-30-27-25-23-20-17-14-11-8-5-2)54-59(64)61-57(55-62)58(63)52-49-46-43-40-36-21-18-15-12-9-6-3/h7-8,10-11,16-17,19-20,24-27,29,31-32,34-35,38-39,42,44,47-48,51,56-58,62-63H,4-6,9,12-15,18,21-23,28,30,33,36-37,40-41,43,45-46,49-50,52-55H2,1-3H3,(H,61,64)/b10-7-,11-8-,19-16-,20-17-,26-24-,27-25-,31-29-,34-32-,38-35-,42-39-,47-44-,51-48-. The summed E-state index contributed by atoms with van der Waals surface area (Å²) in [5.41, 5.74) is 0. The van der Waals surface area contributed by atoms with Crippen LogP contribution in [0.15, 0.2) is 146 Å². The van der Waals surface area contributed by atoms with E-state index in [1.807, 2.05) is 12.2 Å². The Kier molecular flexibility index (Phi) is 48.4. The van der Waals surface area contributed by atoms with Crippen LogP contribution in [0.1, 0.15) is 194 Å². The number of allylic oxidation sites excluding steroid dienone is 23. The van der Waals surface area contributed by atoms with Crippen LogP contribution in [-0.2, 0) is 14.3 Å². The first-order valence-corrected chi connectivity index (χ1v) is 26.1. The fourth-order valence-corrected chi connectivity index (χ4v) is 6.80. The Hall–Kier alpha value is -4.26. The molecular weight excluding hydrogens is 815 g/mol. The van der Waals surface area contributed by atoms with Crippen LogP contribution in [0.3, 0.4) is 0 Å². The van der Waals surface area contributed by atoms with E-state index in [0.29, 0.717) is 19.3 Å². The smallest absolute Gasteiger partial charge is 0.306 e. The second-order valence-electron chi connectivity index (χ2n) is 16.8. The summed E-state index contributed by atoms with van der Waals surface area (Å²) < 4.78 is 5.78. The molecular formula is C60H95NO5. The van der Waals surface area contributed by atoms with Crippen molar-refractivity contribution >= 4 is 11.9 Å². The van der Waals surface area contributed by atoms with Crippen LogP contribution >= 0.6 is 0 Å². The van der Waals surface area contributed by atoms with E-state index >= 15 is 0 Å². The summed E-state index contributed by atoms with van der Waals surface area (Å²) in [4.78, 5) is 26.1. The molecule has 6 heteroatoms. The van der Waals surface area contributed by atoms with Crippen molar-refractivity contribution in [2.75, 3.05) is 6.61 Å². The first kappa shape index (κ1) is 61.7. The van der Waals surface area contributed by atoms with Gasteiger partial charge < -0.3 is 20.3 Å². The average Bonchev–Trinajstić information content (AvgIpc) is 3.31. The fraction of sp³-hybridized carbons (Fsp3) is 0.567. The summed E-state index contributed by atoms with van der Waals surface area (Å²) in [7, 11) is 0. The number of nitrogens with one attached hydrogen (secondary N) is 1. The number of aliphatic hydroxyl groups is 2. The van der Waals surface area contributed by atoms with Crippen molar-refractivity contribution in [1.29, 1.82) is 0 Å². The van der Waals surface area contributed by atoms with E-state index in [0.717, 1.165) is 89.9 Å². The van der Waals surface area contributed by atoms with E-state index in [2.05, 4.69) is 154 Å². The number of aliphatic hydroxyl groups excluding tert-OH is 2. The van der Waals surface area contributed by atoms with Gasteiger partial charge in [0.25, 0.3) is 0 Å². The Balaban J connectivity index is 4.92. The van der Waals surface area contributed by atoms with Gasteiger partial charge in [-0.25, -0.2) is 0 Å². The van der Waals surface area contributed by atoms with Gasteiger partial charge in [-0.05, 0) is 96.0 Å². The van der Waals surface area contributed by atoms with Gasteiger partial charge >= 0.3 is 5.97 Å². The van der Waals surface area contributed by atoms with Crippen molar-refractivity contribution in [2.24, 2.45) is 0 Å². The van der Waals surface area contributed by atoms with Gasteiger partial charge in [-0.3, -0.25) is 9.59 Å². The van der Waals surface area contributed by atoms with Crippen molar-refractivity contribution in [3.8, 4) is 0 Å². The Morgan fingerprint density at radius 1 is 0.470 bits per heavy atom. The number of amides is 1. The first-order valence-electron chi connectivity index (χ1n) is 26.1. The molecule has 3 atom stereocenters. The molecule has 66 heavy (non-hydrogen) atoms. The third-order valence-electron chi connectivity index (χ3n) is 10.7. The molecule has 3 N–H and O–H groups in total. The third-order valence-corrected chi connectivity index (χ3v) is 10.7. The van der Waals surface area contributed by atoms with Gasteiger partial charge in [0.2, 0.25) is 5.91 Å². The number of unbranched alkanes of at least 4 members (excludes halogenated alkanes) is 10. The monoisotopic (exact) mass is 910 g/mol. The predicted molar refractivity (Wildman–Crippen MR) is 286 cm³/mol. The molecule has 0 saturated carbocycles. The van der Waals surface area contributed by atoms with Crippen molar-refractivity contribution in [1.82, 2.24) is 5.32 Å². The molecule has 6 nitrogen and oxygen atoms in total. The number of rotatable bonds is 44. The summed E-state index contributed by atoms with van der Waals surface area (Å²) in [6.07, 6.45) is 75.2. The Labute approximate surface area is 405 Å². The number of carbonyl (C=O) groups is 2. The molecule has 0 fully saturated rings. The van der Waals surface area contributed by atoms with Gasteiger partial charge in [-0.15, -0.1) is 0 Å². The molecule has 0 heterocycles. The molecule has 0 aromatic rings. The number of esters is 1. The summed E-state index contributed by atoms with van der Waals surface area (Å²) in [5.74, 6) is -0.747. The highest BCUT2D eigenvalue weighted by atomic mass is 16.5. The molecule has 0 rings (SSSR count). The van der Waals surface area contributed by atoms with Crippen LogP contribution in [0.2, 0.25) is 0 Å². The van der Waals surface area contributed by atoms with Crippen molar-refractivity contribution in [3.63, 3.8) is 0 Å². The maximum Gasteiger partial charge on any atom is 0.306 e. The van der Waals surface area contributed by atoms with Crippen molar-refractivity contribution < 1.29 is 24.5 Å². The van der Waals surface area contributed by atoms with Gasteiger partial charge in [0.1, 0.15) is 6.10 Å². The first-order chi connectivity index (χ1) is 32.5. The van der Waals surface area contributed by atoms with Gasteiger partial charge in [-0.1, -0.05) is 231 Å². The molecule has 0 aliphatic heterocycles. The molecule has 1 amide bonds. The minimum Gasteiger partial charge on any atom is -0.458 e. The fourth-order valence-electron chi connectivity index (χ4n) is 6.80. The molecule has 0 aromatic carbocycles. The van der Waals surface area contributed by atoms with E-state index in [9.17, 15) is 19.8 Å². The van der Waals surface area contributed by atoms with E-state index < -0.39 is 18.2 Å². The lowest BCUT2D eigenvalue weighted by atomic mass is 10.0. The number of carbonyl (C=O) groups excluding carboxylic acids is 2. The zero-order chi connectivity index (χ0) is 48.1. The normalized spacial score (nSPS) is 14.4. The maximum atomic E-state index is 13.2. The lowest BCUT2D eigenvalue weighted by Crippen LogP contribution is -2.46. The minimum atomic E-state index is -0.842. The summed E-state index contributed by atoms with van der Waals surface area (Å²) >= 11 is 0. The second kappa shape index (κ2) is 51.7. The van der Waals surface area contributed by atoms with Crippen LogP contribution in [0.25, 0.3) is 0 Å². The van der Waals surface area contributed by atoms with Crippen LogP contribution in [0.5, 0.6) is 0 Å². The van der Waals surface area contributed by atoms with Gasteiger partial charge in [0.15, 0.2) is 0 Å². The maximum absolute atomic E-state index is 13.2. The number of hydrogen-bond acceptors (Lipinski definition) is 5. The Morgan fingerprint density at radius 2 is 0.818 bits per heavy atom. The van der Waals surface area contributed by atoms with E-state index in [1.165, 1.54) is 51.4 Å². The number of ether oxygens (including phenoxy) is 1. The van der Waals surface area contributed by atoms with Crippen LogP contribution < -0.4 is 5.32 Å². The van der Waals surface area contributed by atoms with Crippen LogP contribution in [0, 0.1) is 0 Å². The Bertz CT molecular complexity index is 1490. The lowest BCUT2D eigenvalue weighted by Gasteiger charge is -2.23. The van der Waals surface area contributed by atoms with Gasteiger partial charge in [0.05, 0.1) is 25.2 Å². The van der Waals surface area contributed by atoms with Gasteiger partial charge in [-0.2, -0.15) is 0 Å². The third kappa shape index (κ3) is 46.3. The molecule has 0 aromatic heterocycles. The Morgan fingerprint density at radius 3 is 1.20 bits per heavy atom. The van der Waals surface area contributed by atoms with Crippen LogP contribution in [0.4, 0.5) is 0 Å². The van der Waals surface area contributed by atoms with Crippen LogP contribution in [-0.4, -0.2) is 46.9 Å². The molecule has 3 unspecified atom stereocenters. The predicted octanol–water partition coefficient (Wildman–Crippen LogP) is 16.0. The highest BCUT2D eigenvalue weighted by Gasteiger charge is 2.23. The molecule has 0 saturated heterocycles. The zero-order valence-corrected chi connectivity index (χ0v) is 42.0. The largest absolute Gasteiger partial charge is 0.458 e. The van der Waals surface area contributed by atoms with E-state index in [4.69, 9.17) is 4.74 Å². The molecule has 0 aliphatic rings. The van der Waals surface area contributed by atoms with Crippen molar-refractivity contribution in [2.45, 2.75) is 212 Å². The van der Waals surface area contributed by atoms with Crippen molar-refractivity contribution in [3.05, 3.63) is 146 Å². The molecule has 370 valence electrons.